The number of anilines is 1. The summed E-state index contributed by atoms with van der Waals surface area (Å²) in [6.07, 6.45) is -4.71. The van der Waals surface area contributed by atoms with Gasteiger partial charge in [0.2, 0.25) is 10.0 Å². The molecule has 1 fully saturated rings. The average Bonchev–Trinajstić information content (AvgIpc) is 2.89. The summed E-state index contributed by atoms with van der Waals surface area (Å²) in [5, 5.41) is -0.631. The molecule has 0 bridgehead atoms. The smallest absolute Gasteiger partial charge is 0.416 e. The maximum absolute atomic E-state index is 12.9. The first-order valence-electron chi connectivity index (χ1n) is 11.6. The van der Waals surface area contributed by atoms with Crippen molar-refractivity contribution in [1.82, 2.24) is 4.31 Å². The van der Waals surface area contributed by atoms with E-state index >= 15 is 0 Å². The molecule has 0 saturated carbocycles. The number of hydrogen-bond donors (Lipinski definition) is 1. The molecule has 0 aliphatic carbocycles. The minimum atomic E-state index is -4.71. The lowest BCUT2D eigenvalue weighted by atomic mass is 10.1. The van der Waals surface area contributed by atoms with Crippen molar-refractivity contribution in [1.29, 1.82) is 0 Å². The third-order valence-corrected chi connectivity index (χ3v) is 9.60. The Hall–Kier alpha value is -3.17. The van der Waals surface area contributed by atoms with Gasteiger partial charge >= 0.3 is 6.18 Å². The number of carbonyl (C=O) groups excluding carboxylic acids is 1. The van der Waals surface area contributed by atoms with Crippen LogP contribution >= 0.6 is 11.6 Å². The van der Waals surface area contributed by atoms with E-state index in [-0.39, 0.29) is 40.7 Å². The molecule has 4 rings (SSSR count). The van der Waals surface area contributed by atoms with E-state index in [0.717, 1.165) is 6.07 Å². The molecule has 1 N–H and O–H groups in total. The molecule has 0 unspecified atom stereocenters. The number of nitrogens with one attached hydrogen (secondary N) is 1. The molecule has 214 valence electrons. The highest BCUT2D eigenvalue weighted by molar-refractivity contribution is 7.92. The van der Waals surface area contributed by atoms with Crippen LogP contribution in [0, 0.1) is 0 Å². The Morgan fingerprint density at radius 3 is 2.20 bits per heavy atom. The molecule has 0 aromatic heterocycles. The van der Waals surface area contributed by atoms with Gasteiger partial charge in [-0.2, -0.15) is 17.5 Å². The number of rotatable bonds is 8. The second-order valence-corrected chi connectivity index (χ2v) is 12.6. The van der Waals surface area contributed by atoms with E-state index in [0.29, 0.717) is 25.3 Å². The van der Waals surface area contributed by atoms with Crippen molar-refractivity contribution >= 4 is 43.1 Å². The molecular formula is C25H22ClF3N2O7S2. The van der Waals surface area contributed by atoms with Gasteiger partial charge < -0.3 is 9.47 Å². The lowest BCUT2D eigenvalue weighted by molar-refractivity contribution is -0.137. The molecule has 0 spiro atoms. The summed E-state index contributed by atoms with van der Waals surface area (Å²) in [4.78, 5) is 11.8. The number of ketones is 1. The Morgan fingerprint density at radius 1 is 0.975 bits per heavy atom. The number of alkyl halides is 3. The van der Waals surface area contributed by atoms with E-state index < -0.39 is 47.5 Å². The Kier molecular flexibility index (Phi) is 8.47. The average molecular weight is 619 g/mol. The van der Waals surface area contributed by atoms with Gasteiger partial charge in [-0.3, -0.25) is 9.52 Å². The first-order chi connectivity index (χ1) is 18.7. The molecule has 0 radical (unpaired) electrons. The Balaban J connectivity index is 1.54. The number of carbonyl (C=O) groups is 1. The van der Waals surface area contributed by atoms with Crippen molar-refractivity contribution in [3.8, 4) is 11.5 Å². The van der Waals surface area contributed by atoms with E-state index in [4.69, 9.17) is 21.1 Å². The fourth-order valence-electron chi connectivity index (χ4n) is 3.81. The first-order valence-corrected chi connectivity index (χ1v) is 14.9. The molecular weight excluding hydrogens is 597 g/mol. The zero-order valence-electron chi connectivity index (χ0n) is 20.7. The van der Waals surface area contributed by atoms with Crippen molar-refractivity contribution in [3.05, 3.63) is 76.8 Å². The summed E-state index contributed by atoms with van der Waals surface area (Å²) in [6.45, 7) is 2.31. The largest absolute Gasteiger partial charge is 0.457 e. The van der Waals surface area contributed by atoms with Crippen LogP contribution in [0.1, 0.15) is 22.8 Å². The van der Waals surface area contributed by atoms with Gasteiger partial charge in [-0.05, 0) is 67.6 Å². The molecule has 3 aromatic rings. The first kappa shape index (κ1) is 29.8. The van der Waals surface area contributed by atoms with Crippen molar-refractivity contribution in [3.63, 3.8) is 0 Å². The number of nitrogens with zero attached hydrogens (tertiary/aromatic N) is 1. The number of hydrogen-bond acceptors (Lipinski definition) is 7. The fourth-order valence-corrected chi connectivity index (χ4v) is 6.81. The zero-order chi connectivity index (χ0) is 29.3. The predicted octanol–water partition coefficient (Wildman–Crippen LogP) is 5.18. The topological polar surface area (TPSA) is 119 Å². The van der Waals surface area contributed by atoms with E-state index in [1.54, 1.807) is 0 Å². The van der Waals surface area contributed by atoms with Crippen LogP contribution in [0.2, 0.25) is 5.02 Å². The number of benzene rings is 3. The number of morpholine rings is 1. The molecule has 1 aliphatic rings. The number of halogens is 4. The number of sulfonamides is 2. The van der Waals surface area contributed by atoms with Gasteiger partial charge in [0.05, 0.1) is 34.3 Å². The maximum Gasteiger partial charge on any atom is 0.416 e. The van der Waals surface area contributed by atoms with Crippen LogP contribution in [-0.4, -0.2) is 53.2 Å². The van der Waals surface area contributed by atoms with Crippen molar-refractivity contribution in [2.45, 2.75) is 22.9 Å². The van der Waals surface area contributed by atoms with E-state index in [9.17, 15) is 34.8 Å². The summed E-state index contributed by atoms with van der Waals surface area (Å²) in [6, 6.07) is 11.2. The molecule has 1 heterocycles. The quantitative estimate of drug-likeness (QED) is 0.346. The fraction of sp³-hybridized carbons (Fsp3) is 0.240. The minimum Gasteiger partial charge on any atom is -0.457 e. The van der Waals surface area contributed by atoms with Crippen LogP contribution in [0.4, 0.5) is 18.9 Å². The van der Waals surface area contributed by atoms with Crippen LogP contribution in [-0.2, 0) is 31.0 Å². The predicted molar refractivity (Wildman–Crippen MR) is 140 cm³/mol. The molecule has 1 aliphatic heterocycles. The van der Waals surface area contributed by atoms with Gasteiger partial charge in [0.25, 0.3) is 10.0 Å². The Morgan fingerprint density at radius 2 is 1.62 bits per heavy atom. The van der Waals surface area contributed by atoms with Gasteiger partial charge in [0.15, 0.2) is 5.78 Å². The Bertz CT molecular complexity index is 1640. The van der Waals surface area contributed by atoms with Gasteiger partial charge in [0.1, 0.15) is 16.4 Å². The van der Waals surface area contributed by atoms with E-state index in [2.05, 4.69) is 4.72 Å². The van der Waals surface area contributed by atoms with Crippen LogP contribution in [0.25, 0.3) is 0 Å². The van der Waals surface area contributed by atoms with Crippen LogP contribution in [0.15, 0.2) is 70.5 Å². The highest BCUT2D eigenvalue weighted by Crippen LogP contribution is 2.35. The molecule has 40 heavy (non-hydrogen) atoms. The minimum absolute atomic E-state index is 0.0104. The second kappa shape index (κ2) is 11.4. The SMILES string of the molecule is CC(=O)c1cc(NS(=O)(=O)c2ccc(C(F)(F)F)cc2Cl)ccc1Oc1ccc(S(=O)(=O)N2CCOCC2)cc1. The molecule has 1 saturated heterocycles. The number of Topliss-reactive ketones (excluding diaryl/α,β-unsaturated/α-hetero) is 1. The summed E-state index contributed by atoms with van der Waals surface area (Å²) in [7, 11) is -8.14. The van der Waals surface area contributed by atoms with Crippen molar-refractivity contribution < 1.29 is 44.3 Å². The summed E-state index contributed by atoms with van der Waals surface area (Å²) >= 11 is 5.83. The maximum atomic E-state index is 12.9. The zero-order valence-corrected chi connectivity index (χ0v) is 23.1. The van der Waals surface area contributed by atoms with Crippen molar-refractivity contribution in [2.75, 3.05) is 31.0 Å². The Labute approximate surface area is 233 Å². The van der Waals surface area contributed by atoms with E-state index in [1.165, 1.54) is 53.7 Å². The van der Waals surface area contributed by atoms with Crippen molar-refractivity contribution in [2.24, 2.45) is 0 Å². The third kappa shape index (κ3) is 6.58. The van der Waals surface area contributed by atoms with Crippen LogP contribution in [0.3, 0.4) is 0 Å². The van der Waals surface area contributed by atoms with Gasteiger partial charge in [-0.1, -0.05) is 11.6 Å². The summed E-state index contributed by atoms with van der Waals surface area (Å²) in [5.41, 5.74) is -1.19. The standard InChI is InChI=1S/C25H22ClF3N2O7S2/c1-16(32)21-15-18(30-39(33,34)24-9-2-17(14-22(24)26)25(27,28)29)3-8-23(21)38-19-4-6-20(7-5-19)40(35,36)31-10-12-37-13-11-31/h2-9,14-15,30H,10-13H2,1H3. The number of ether oxygens (including phenoxy) is 2. The highest BCUT2D eigenvalue weighted by Gasteiger charge is 2.32. The summed E-state index contributed by atoms with van der Waals surface area (Å²) < 4.78 is 104. The van der Waals surface area contributed by atoms with Crippen LogP contribution < -0.4 is 9.46 Å². The highest BCUT2D eigenvalue weighted by atomic mass is 35.5. The molecule has 0 atom stereocenters. The second-order valence-electron chi connectivity index (χ2n) is 8.61. The lowest BCUT2D eigenvalue weighted by Gasteiger charge is -2.26. The normalized spacial score (nSPS) is 15.0. The van der Waals surface area contributed by atoms with Crippen LogP contribution in [0.5, 0.6) is 11.5 Å². The monoisotopic (exact) mass is 618 g/mol. The molecule has 3 aromatic carbocycles. The van der Waals surface area contributed by atoms with Gasteiger partial charge in [-0.15, -0.1) is 0 Å². The molecule has 0 amide bonds. The van der Waals surface area contributed by atoms with E-state index in [1.807, 2.05) is 0 Å². The molecule has 9 nitrogen and oxygen atoms in total. The van der Waals surface area contributed by atoms with Gasteiger partial charge in [-0.25, -0.2) is 16.8 Å². The van der Waals surface area contributed by atoms with Gasteiger partial charge in [0, 0.05) is 18.8 Å². The molecule has 15 heteroatoms. The summed E-state index contributed by atoms with van der Waals surface area (Å²) in [5.74, 6) is -0.199. The lowest BCUT2D eigenvalue weighted by Crippen LogP contribution is -2.40. The third-order valence-electron chi connectivity index (χ3n) is 5.82.